The van der Waals surface area contributed by atoms with Crippen LogP contribution in [0.1, 0.15) is 25.7 Å². The first-order chi connectivity index (χ1) is 8.12. The van der Waals surface area contributed by atoms with Gasteiger partial charge in [0.05, 0.1) is 5.41 Å². The molecule has 0 bridgehead atoms. The molecular formula is C11H19N3O3. The van der Waals surface area contributed by atoms with Crippen LogP contribution in [-0.4, -0.2) is 42.8 Å². The van der Waals surface area contributed by atoms with E-state index >= 15 is 0 Å². The van der Waals surface area contributed by atoms with Gasteiger partial charge in [0.2, 0.25) is 0 Å². The molecule has 17 heavy (non-hydrogen) atoms. The van der Waals surface area contributed by atoms with E-state index in [9.17, 15) is 9.59 Å². The zero-order chi connectivity index (χ0) is 12.3. The molecule has 6 nitrogen and oxygen atoms in total. The number of carbonyl (C=O) groups is 2. The number of nitrogens with one attached hydrogen (secondary N) is 3. The minimum absolute atomic E-state index is 0.205. The van der Waals surface area contributed by atoms with E-state index in [2.05, 4.69) is 16.0 Å². The lowest BCUT2D eigenvalue weighted by Gasteiger charge is -2.24. The van der Waals surface area contributed by atoms with Crippen molar-refractivity contribution in [2.24, 2.45) is 5.41 Å². The standard InChI is InChI=1S/C11H19N3O3/c15-9(16)11(3-4-11)7-13-10(17)14-8-1-5-12-6-2-8/h8,12H,1-7H2,(H,15,16)(H2,13,14,17). The largest absolute Gasteiger partial charge is 0.481 e. The molecule has 0 aromatic rings. The normalized spacial score (nSPS) is 22.8. The highest BCUT2D eigenvalue weighted by Gasteiger charge is 2.50. The number of aliphatic carboxylic acids is 1. The second-order valence-electron chi connectivity index (χ2n) is 4.94. The lowest BCUT2D eigenvalue weighted by molar-refractivity contribution is -0.143. The predicted molar refractivity (Wildman–Crippen MR) is 61.7 cm³/mol. The van der Waals surface area contributed by atoms with Gasteiger partial charge in [-0.05, 0) is 38.8 Å². The second kappa shape index (κ2) is 4.91. The van der Waals surface area contributed by atoms with Gasteiger partial charge in [0, 0.05) is 12.6 Å². The van der Waals surface area contributed by atoms with Crippen LogP contribution in [0.4, 0.5) is 4.79 Å². The monoisotopic (exact) mass is 241 g/mol. The zero-order valence-corrected chi connectivity index (χ0v) is 9.79. The Balaban J connectivity index is 1.69. The maximum atomic E-state index is 11.6. The van der Waals surface area contributed by atoms with Crippen LogP contribution in [-0.2, 0) is 4.79 Å². The second-order valence-corrected chi connectivity index (χ2v) is 4.94. The van der Waals surface area contributed by atoms with Crippen LogP contribution in [0.5, 0.6) is 0 Å². The fraction of sp³-hybridized carbons (Fsp3) is 0.818. The van der Waals surface area contributed by atoms with Gasteiger partial charge in [-0.3, -0.25) is 4.79 Å². The number of amides is 2. The van der Waals surface area contributed by atoms with Gasteiger partial charge in [-0.1, -0.05) is 0 Å². The van der Waals surface area contributed by atoms with Crippen molar-refractivity contribution in [3.05, 3.63) is 0 Å². The Morgan fingerprint density at radius 1 is 1.29 bits per heavy atom. The Morgan fingerprint density at radius 2 is 1.94 bits per heavy atom. The van der Waals surface area contributed by atoms with Gasteiger partial charge >= 0.3 is 12.0 Å². The highest BCUT2D eigenvalue weighted by molar-refractivity contribution is 5.80. The molecule has 1 saturated heterocycles. The molecule has 1 saturated carbocycles. The van der Waals surface area contributed by atoms with Crippen LogP contribution < -0.4 is 16.0 Å². The molecule has 2 rings (SSSR count). The molecule has 0 radical (unpaired) electrons. The topological polar surface area (TPSA) is 90.5 Å². The molecule has 2 aliphatic rings. The third-order valence-electron chi connectivity index (χ3n) is 3.57. The highest BCUT2D eigenvalue weighted by atomic mass is 16.4. The Morgan fingerprint density at radius 3 is 2.47 bits per heavy atom. The molecule has 0 atom stereocenters. The van der Waals surface area contributed by atoms with Crippen molar-refractivity contribution in [3.63, 3.8) is 0 Å². The first kappa shape index (κ1) is 12.2. The highest BCUT2D eigenvalue weighted by Crippen LogP contribution is 2.45. The first-order valence-corrected chi connectivity index (χ1v) is 6.11. The van der Waals surface area contributed by atoms with Crippen molar-refractivity contribution in [1.29, 1.82) is 0 Å². The minimum atomic E-state index is -0.806. The van der Waals surface area contributed by atoms with Gasteiger partial charge in [0.1, 0.15) is 0 Å². The lowest BCUT2D eigenvalue weighted by atomic mass is 10.1. The van der Waals surface area contributed by atoms with Crippen molar-refractivity contribution >= 4 is 12.0 Å². The van der Waals surface area contributed by atoms with Crippen molar-refractivity contribution in [1.82, 2.24) is 16.0 Å². The number of carboxylic acid groups (broad SMARTS) is 1. The van der Waals surface area contributed by atoms with E-state index in [4.69, 9.17) is 5.11 Å². The third kappa shape index (κ3) is 3.09. The van der Waals surface area contributed by atoms with Crippen molar-refractivity contribution < 1.29 is 14.7 Å². The van der Waals surface area contributed by atoms with Crippen molar-refractivity contribution in [2.75, 3.05) is 19.6 Å². The Hall–Kier alpha value is -1.30. The number of hydrogen-bond donors (Lipinski definition) is 4. The number of carboxylic acids is 1. The molecule has 4 N–H and O–H groups in total. The van der Waals surface area contributed by atoms with Crippen LogP contribution in [0.25, 0.3) is 0 Å². The van der Waals surface area contributed by atoms with Crippen molar-refractivity contribution in [2.45, 2.75) is 31.7 Å². The maximum Gasteiger partial charge on any atom is 0.315 e. The summed E-state index contributed by atoms with van der Waals surface area (Å²) < 4.78 is 0. The zero-order valence-electron chi connectivity index (χ0n) is 9.79. The van der Waals surface area contributed by atoms with E-state index in [1.807, 2.05) is 0 Å². The number of carbonyl (C=O) groups excluding carboxylic acids is 1. The third-order valence-corrected chi connectivity index (χ3v) is 3.57. The quantitative estimate of drug-likeness (QED) is 0.553. The molecule has 0 aromatic carbocycles. The number of hydrogen-bond acceptors (Lipinski definition) is 3. The molecule has 1 aliphatic heterocycles. The van der Waals surface area contributed by atoms with E-state index in [1.54, 1.807) is 0 Å². The fourth-order valence-electron chi connectivity index (χ4n) is 2.07. The summed E-state index contributed by atoms with van der Waals surface area (Å²) in [6.07, 6.45) is 3.18. The van der Waals surface area contributed by atoms with Crippen LogP contribution in [0.15, 0.2) is 0 Å². The molecule has 96 valence electrons. The van der Waals surface area contributed by atoms with Crippen LogP contribution in [0, 0.1) is 5.41 Å². The SMILES string of the molecule is O=C(NCC1(C(=O)O)CC1)NC1CCNCC1. The van der Waals surface area contributed by atoms with Gasteiger partial charge in [-0.15, -0.1) is 0 Å². The van der Waals surface area contributed by atoms with E-state index in [1.165, 1.54) is 0 Å². The average molecular weight is 241 g/mol. The fourth-order valence-corrected chi connectivity index (χ4v) is 2.07. The van der Waals surface area contributed by atoms with E-state index in [-0.39, 0.29) is 18.6 Å². The molecule has 6 heteroatoms. The predicted octanol–water partition coefficient (Wildman–Crippen LogP) is -0.0976. The Kier molecular flexibility index (Phi) is 3.51. The molecule has 0 unspecified atom stereocenters. The average Bonchev–Trinajstić information content (AvgIpc) is 3.09. The summed E-state index contributed by atoms with van der Waals surface area (Å²) in [7, 11) is 0. The summed E-state index contributed by atoms with van der Waals surface area (Å²) >= 11 is 0. The smallest absolute Gasteiger partial charge is 0.315 e. The van der Waals surface area contributed by atoms with E-state index in [0.717, 1.165) is 25.9 Å². The van der Waals surface area contributed by atoms with E-state index < -0.39 is 11.4 Å². The number of rotatable bonds is 4. The summed E-state index contributed by atoms with van der Waals surface area (Å²) in [6.45, 7) is 2.08. The molecule has 2 fully saturated rings. The van der Waals surface area contributed by atoms with Crippen LogP contribution in [0.2, 0.25) is 0 Å². The number of piperidine rings is 1. The lowest BCUT2D eigenvalue weighted by Crippen LogP contribution is -2.48. The van der Waals surface area contributed by atoms with Gasteiger partial charge in [-0.2, -0.15) is 0 Å². The van der Waals surface area contributed by atoms with Gasteiger partial charge in [0.25, 0.3) is 0 Å². The maximum absolute atomic E-state index is 11.6. The summed E-state index contributed by atoms with van der Waals surface area (Å²) in [5.74, 6) is -0.806. The Labute approximate surface area is 100 Å². The minimum Gasteiger partial charge on any atom is -0.481 e. The molecule has 2 amide bonds. The van der Waals surface area contributed by atoms with Crippen LogP contribution >= 0.6 is 0 Å². The van der Waals surface area contributed by atoms with E-state index in [0.29, 0.717) is 12.8 Å². The van der Waals surface area contributed by atoms with Gasteiger partial charge < -0.3 is 21.1 Å². The number of urea groups is 1. The van der Waals surface area contributed by atoms with Gasteiger partial charge in [-0.25, -0.2) is 4.79 Å². The van der Waals surface area contributed by atoms with Crippen molar-refractivity contribution in [3.8, 4) is 0 Å². The molecule has 0 spiro atoms. The molecule has 1 aliphatic carbocycles. The summed E-state index contributed by atoms with van der Waals surface area (Å²) in [5.41, 5.74) is -0.689. The molecule has 1 heterocycles. The van der Waals surface area contributed by atoms with Gasteiger partial charge in [0.15, 0.2) is 0 Å². The van der Waals surface area contributed by atoms with Crippen LogP contribution in [0.3, 0.4) is 0 Å². The summed E-state index contributed by atoms with van der Waals surface area (Å²) in [6, 6.07) is -0.0411. The Bertz CT molecular complexity index is 309. The first-order valence-electron chi connectivity index (χ1n) is 6.11. The molecular weight excluding hydrogens is 222 g/mol. The summed E-state index contributed by atoms with van der Waals surface area (Å²) in [5, 5.41) is 17.7. The summed E-state index contributed by atoms with van der Waals surface area (Å²) in [4.78, 5) is 22.5. The molecule has 0 aromatic heterocycles.